The number of hydrogen-bond acceptors (Lipinski definition) is 4. The first kappa shape index (κ1) is 15.4. The van der Waals surface area contributed by atoms with Gasteiger partial charge in [-0.15, -0.1) is 0 Å². The van der Waals surface area contributed by atoms with E-state index in [4.69, 9.17) is 4.52 Å². The Bertz CT molecular complexity index is 902. The van der Waals surface area contributed by atoms with Crippen LogP contribution >= 0.6 is 0 Å². The van der Waals surface area contributed by atoms with Gasteiger partial charge in [0, 0.05) is 36.1 Å². The molecule has 0 spiro atoms. The molecule has 0 saturated heterocycles. The molecule has 0 fully saturated rings. The van der Waals surface area contributed by atoms with Gasteiger partial charge in [-0.05, 0) is 31.0 Å². The summed E-state index contributed by atoms with van der Waals surface area (Å²) in [4.78, 5) is 14.8. The van der Waals surface area contributed by atoms with Gasteiger partial charge in [0.1, 0.15) is 5.69 Å². The summed E-state index contributed by atoms with van der Waals surface area (Å²) >= 11 is 0. The number of nitrogens with one attached hydrogen (secondary N) is 1. The fraction of sp³-hybridized carbons (Fsp3) is 0.200. The average molecular weight is 333 g/mol. The molecule has 0 atom stereocenters. The lowest BCUT2D eigenvalue weighted by Crippen LogP contribution is -2.19. The van der Waals surface area contributed by atoms with Gasteiger partial charge in [-0.1, -0.05) is 41.6 Å². The second-order valence-electron chi connectivity index (χ2n) is 6.07. The normalized spacial score (nSPS) is 12.9. The Morgan fingerprint density at radius 1 is 1.20 bits per heavy atom. The first-order valence-corrected chi connectivity index (χ1v) is 8.46. The molecule has 0 unspecified atom stereocenters. The van der Waals surface area contributed by atoms with Crippen LogP contribution in [0.5, 0.6) is 0 Å². The number of benzene rings is 2. The van der Waals surface area contributed by atoms with Crippen LogP contribution in [-0.4, -0.2) is 24.2 Å². The molecule has 3 aromatic rings. The minimum Gasteiger partial charge on any atom is -0.371 e. The Labute approximate surface area is 146 Å². The van der Waals surface area contributed by atoms with Crippen molar-refractivity contribution < 1.29 is 9.32 Å². The second kappa shape index (κ2) is 6.43. The summed E-state index contributed by atoms with van der Waals surface area (Å²) in [6.07, 6.45) is 1.06. The van der Waals surface area contributed by atoms with Crippen molar-refractivity contribution in [2.24, 2.45) is 0 Å². The summed E-state index contributed by atoms with van der Waals surface area (Å²) < 4.78 is 5.22. The number of rotatable bonds is 4. The summed E-state index contributed by atoms with van der Waals surface area (Å²) in [5.74, 6) is -0.0950. The summed E-state index contributed by atoms with van der Waals surface area (Å²) in [6.45, 7) is 4.14. The number of aromatic nitrogens is 1. The predicted molar refractivity (Wildman–Crippen MR) is 97.9 cm³/mol. The zero-order valence-electron chi connectivity index (χ0n) is 14.0. The van der Waals surface area contributed by atoms with Crippen LogP contribution in [0.3, 0.4) is 0 Å². The third-order valence-corrected chi connectivity index (χ3v) is 4.52. The third kappa shape index (κ3) is 3.01. The van der Waals surface area contributed by atoms with Crippen LogP contribution in [0.4, 0.5) is 11.4 Å². The van der Waals surface area contributed by atoms with Crippen LogP contribution in [-0.2, 0) is 6.42 Å². The number of carbonyl (C=O) groups is 1. The minimum absolute atomic E-state index is 0.201. The topological polar surface area (TPSA) is 58.4 Å². The fourth-order valence-electron chi connectivity index (χ4n) is 3.17. The number of fused-ring (bicyclic) bond motifs is 1. The zero-order chi connectivity index (χ0) is 17.2. The van der Waals surface area contributed by atoms with E-state index in [1.54, 1.807) is 6.07 Å². The van der Waals surface area contributed by atoms with Crippen molar-refractivity contribution in [3.8, 4) is 11.3 Å². The van der Waals surface area contributed by atoms with Crippen LogP contribution in [0.2, 0.25) is 0 Å². The van der Waals surface area contributed by atoms with E-state index in [2.05, 4.69) is 28.4 Å². The molecule has 1 aliphatic rings. The van der Waals surface area contributed by atoms with Crippen molar-refractivity contribution in [2.45, 2.75) is 13.3 Å². The van der Waals surface area contributed by atoms with Gasteiger partial charge in [0.2, 0.25) is 5.76 Å². The molecule has 0 saturated carbocycles. The number of likely N-dealkylation sites (N-methyl/N-ethyl adjacent to an activating group) is 1. The average Bonchev–Trinajstić information content (AvgIpc) is 3.29. The number of anilines is 2. The Hall–Kier alpha value is -3.08. The van der Waals surface area contributed by atoms with Gasteiger partial charge in [0.15, 0.2) is 0 Å². The molecule has 1 aromatic heterocycles. The maximum atomic E-state index is 12.5. The fourth-order valence-corrected chi connectivity index (χ4v) is 3.17. The van der Waals surface area contributed by atoms with E-state index in [1.807, 2.05) is 42.5 Å². The van der Waals surface area contributed by atoms with Crippen LogP contribution in [0.25, 0.3) is 11.3 Å². The maximum absolute atomic E-state index is 12.5. The molecule has 1 aliphatic heterocycles. The quantitative estimate of drug-likeness (QED) is 0.785. The molecule has 0 aliphatic carbocycles. The van der Waals surface area contributed by atoms with E-state index >= 15 is 0 Å². The lowest BCUT2D eigenvalue weighted by Gasteiger charge is -2.17. The molecule has 1 N–H and O–H groups in total. The standard InChI is InChI=1S/C20H19N3O2/c1-2-23-11-10-15-8-9-16(12-18(15)23)21-20(24)19-13-17(22-25-19)14-6-4-3-5-7-14/h3-9,12-13H,2,10-11H2,1H3,(H,21,24). The van der Waals surface area contributed by atoms with Crippen molar-refractivity contribution in [1.29, 1.82) is 0 Å². The van der Waals surface area contributed by atoms with Gasteiger partial charge in [0.05, 0.1) is 0 Å². The van der Waals surface area contributed by atoms with Gasteiger partial charge in [-0.25, -0.2) is 0 Å². The summed E-state index contributed by atoms with van der Waals surface area (Å²) in [5, 5.41) is 6.89. The van der Waals surface area contributed by atoms with E-state index in [-0.39, 0.29) is 11.7 Å². The van der Waals surface area contributed by atoms with Crippen molar-refractivity contribution in [2.75, 3.05) is 23.3 Å². The molecular formula is C20H19N3O2. The van der Waals surface area contributed by atoms with Crippen molar-refractivity contribution in [1.82, 2.24) is 5.16 Å². The molecule has 5 nitrogen and oxygen atoms in total. The van der Waals surface area contributed by atoms with Crippen LogP contribution in [0, 0.1) is 0 Å². The highest BCUT2D eigenvalue weighted by molar-refractivity contribution is 6.03. The first-order valence-electron chi connectivity index (χ1n) is 8.46. The molecule has 4 rings (SSSR count). The van der Waals surface area contributed by atoms with Crippen molar-refractivity contribution in [3.63, 3.8) is 0 Å². The molecule has 1 amide bonds. The lowest BCUT2D eigenvalue weighted by molar-refractivity contribution is 0.0988. The smallest absolute Gasteiger partial charge is 0.294 e. The van der Waals surface area contributed by atoms with Gasteiger partial charge >= 0.3 is 0 Å². The Kier molecular flexibility index (Phi) is 3.98. The number of hydrogen-bond donors (Lipinski definition) is 1. The highest BCUT2D eigenvalue weighted by atomic mass is 16.5. The van der Waals surface area contributed by atoms with Crippen LogP contribution in [0.15, 0.2) is 59.1 Å². The van der Waals surface area contributed by atoms with E-state index in [9.17, 15) is 4.79 Å². The van der Waals surface area contributed by atoms with Crippen molar-refractivity contribution in [3.05, 3.63) is 65.9 Å². The van der Waals surface area contributed by atoms with Gasteiger partial charge < -0.3 is 14.7 Å². The first-order chi connectivity index (χ1) is 12.2. The Balaban J connectivity index is 1.52. The Morgan fingerprint density at radius 2 is 2.04 bits per heavy atom. The second-order valence-corrected chi connectivity index (χ2v) is 6.07. The summed E-state index contributed by atoms with van der Waals surface area (Å²) in [7, 11) is 0. The summed E-state index contributed by atoms with van der Waals surface area (Å²) in [6, 6.07) is 17.3. The SMILES string of the molecule is CCN1CCc2ccc(NC(=O)c3cc(-c4ccccc4)no3)cc21. The van der Waals surface area contributed by atoms with Crippen LogP contribution < -0.4 is 10.2 Å². The molecular weight excluding hydrogens is 314 g/mol. The third-order valence-electron chi connectivity index (χ3n) is 4.52. The van der Waals surface area contributed by atoms with Crippen molar-refractivity contribution >= 4 is 17.3 Å². The van der Waals surface area contributed by atoms with Crippen LogP contribution in [0.1, 0.15) is 23.0 Å². The highest BCUT2D eigenvalue weighted by Gasteiger charge is 2.19. The molecule has 0 radical (unpaired) electrons. The molecule has 126 valence electrons. The molecule has 25 heavy (non-hydrogen) atoms. The van der Waals surface area contributed by atoms with E-state index in [0.717, 1.165) is 30.8 Å². The molecule has 5 heteroatoms. The monoisotopic (exact) mass is 333 g/mol. The molecule has 2 heterocycles. The lowest BCUT2D eigenvalue weighted by atomic mass is 10.1. The zero-order valence-corrected chi connectivity index (χ0v) is 14.0. The number of amides is 1. The number of nitrogens with zero attached hydrogens (tertiary/aromatic N) is 2. The maximum Gasteiger partial charge on any atom is 0.294 e. The van der Waals surface area contributed by atoms with Gasteiger partial charge in [-0.2, -0.15) is 0 Å². The predicted octanol–water partition coefficient (Wildman–Crippen LogP) is 3.98. The minimum atomic E-state index is -0.296. The van der Waals surface area contributed by atoms with Gasteiger partial charge in [0.25, 0.3) is 5.91 Å². The molecule has 2 aromatic carbocycles. The Morgan fingerprint density at radius 3 is 2.84 bits per heavy atom. The summed E-state index contributed by atoms with van der Waals surface area (Å²) in [5.41, 5.74) is 4.86. The van der Waals surface area contributed by atoms with E-state index in [1.165, 1.54) is 11.3 Å². The highest BCUT2D eigenvalue weighted by Crippen LogP contribution is 2.30. The largest absolute Gasteiger partial charge is 0.371 e. The van der Waals surface area contributed by atoms with Gasteiger partial charge in [-0.3, -0.25) is 4.79 Å². The van der Waals surface area contributed by atoms with E-state index < -0.39 is 0 Å². The molecule has 0 bridgehead atoms. The number of carbonyl (C=O) groups excluding carboxylic acids is 1. The van der Waals surface area contributed by atoms with E-state index in [0.29, 0.717) is 5.69 Å².